The van der Waals surface area contributed by atoms with E-state index in [2.05, 4.69) is 17.8 Å². The second-order valence-electron chi connectivity index (χ2n) is 2.76. The quantitative estimate of drug-likeness (QED) is 0.529. The number of carbonyl (C=O) groups is 1. The lowest BCUT2D eigenvalue weighted by molar-refractivity contribution is -0.119. The van der Waals surface area contributed by atoms with Crippen LogP contribution in [0.5, 0.6) is 0 Å². The predicted molar refractivity (Wildman–Crippen MR) is 34.6 cm³/mol. The average Bonchev–Trinajstić information content (AvgIpc) is 2.13. The Morgan fingerprint density at radius 2 is 2.44 bits per heavy atom. The number of carbonyl (C=O) groups excluding carboxylic acids is 1. The smallest absolute Gasteiger partial charge is 0.236 e. The molecule has 1 rings (SSSR count). The van der Waals surface area contributed by atoms with E-state index in [1.165, 1.54) is 0 Å². The number of rotatable bonds is 1. The lowest BCUT2D eigenvalue weighted by Crippen LogP contribution is -2.40. The van der Waals surface area contributed by atoms with E-state index in [9.17, 15) is 4.79 Å². The molecule has 52 valence electrons. The maximum Gasteiger partial charge on any atom is 0.236 e. The van der Waals surface area contributed by atoms with E-state index < -0.39 is 0 Å². The molecule has 0 aliphatic carbocycles. The Morgan fingerprint density at radius 3 is 2.67 bits per heavy atom. The molecule has 1 saturated heterocycles. The Bertz CT molecular complexity index is 135. The van der Waals surface area contributed by atoms with Gasteiger partial charge in [-0.1, -0.05) is 6.92 Å². The second-order valence-corrected chi connectivity index (χ2v) is 2.76. The highest BCUT2D eigenvalue weighted by Gasteiger charge is 2.31. The van der Waals surface area contributed by atoms with E-state index in [1.807, 2.05) is 6.92 Å². The van der Waals surface area contributed by atoms with E-state index in [4.69, 9.17) is 0 Å². The van der Waals surface area contributed by atoms with Gasteiger partial charge < -0.3 is 0 Å². The molecule has 0 aromatic heterocycles. The Balaban J connectivity index is 2.54. The molecule has 1 aliphatic rings. The van der Waals surface area contributed by atoms with Crippen molar-refractivity contribution in [3.05, 3.63) is 0 Å². The SMILES string of the molecule is CCC1(C)CC(=O)NN1. The van der Waals surface area contributed by atoms with Crippen molar-refractivity contribution >= 4 is 5.91 Å². The van der Waals surface area contributed by atoms with E-state index in [1.54, 1.807) is 0 Å². The Morgan fingerprint density at radius 1 is 1.78 bits per heavy atom. The highest BCUT2D eigenvalue weighted by Crippen LogP contribution is 2.16. The first-order valence-electron chi connectivity index (χ1n) is 3.22. The van der Waals surface area contributed by atoms with Crippen molar-refractivity contribution in [3.8, 4) is 0 Å². The number of amides is 1. The van der Waals surface area contributed by atoms with Gasteiger partial charge in [0.05, 0.1) is 0 Å². The van der Waals surface area contributed by atoms with Gasteiger partial charge in [0, 0.05) is 12.0 Å². The van der Waals surface area contributed by atoms with E-state index in [0.29, 0.717) is 6.42 Å². The lowest BCUT2D eigenvalue weighted by Gasteiger charge is -2.18. The van der Waals surface area contributed by atoms with Crippen molar-refractivity contribution < 1.29 is 4.79 Å². The van der Waals surface area contributed by atoms with E-state index in [-0.39, 0.29) is 11.4 Å². The molecule has 2 N–H and O–H groups in total. The third-order valence-corrected chi connectivity index (χ3v) is 1.83. The van der Waals surface area contributed by atoms with Crippen molar-refractivity contribution in [2.45, 2.75) is 32.2 Å². The molecule has 1 amide bonds. The third-order valence-electron chi connectivity index (χ3n) is 1.83. The monoisotopic (exact) mass is 128 g/mol. The number of nitrogens with one attached hydrogen (secondary N) is 2. The van der Waals surface area contributed by atoms with Crippen LogP contribution in [0, 0.1) is 0 Å². The summed E-state index contributed by atoms with van der Waals surface area (Å²) < 4.78 is 0. The predicted octanol–water partition coefficient (Wildman–Crippen LogP) is 0.180. The van der Waals surface area contributed by atoms with Crippen molar-refractivity contribution in [2.24, 2.45) is 0 Å². The molecule has 0 bridgehead atoms. The zero-order chi connectivity index (χ0) is 6.91. The summed E-state index contributed by atoms with van der Waals surface area (Å²) in [5, 5.41) is 0. The topological polar surface area (TPSA) is 41.1 Å². The van der Waals surface area contributed by atoms with E-state index in [0.717, 1.165) is 6.42 Å². The van der Waals surface area contributed by atoms with Gasteiger partial charge in [0.25, 0.3) is 0 Å². The van der Waals surface area contributed by atoms with Crippen LogP contribution in [0.4, 0.5) is 0 Å². The van der Waals surface area contributed by atoms with Gasteiger partial charge in [-0.2, -0.15) is 0 Å². The van der Waals surface area contributed by atoms with Gasteiger partial charge >= 0.3 is 0 Å². The summed E-state index contributed by atoms with van der Waals surface area (Å²) in [5.41, 5.74) is 5.50. The summed E-state index contributed by atoms with van der Waals surface area (Å²) in [5.74, 6) is 0.0966. The molecule has 0 saturated carbocycles. The van der Waals surface area contributed by atoms with Gasteiger partial charge in [0.15, 0.2) is 0 Å². The van der Waals surface area contributed by atoms with Gasteiger partial charge in [0.2, 0.25) is 5.91 Å². The summed E-state index contributed by atoms with van der Waals surface area (Å²) >= 11 is 0. The Hall–Kier alpha value is -0.570. The first-order chi connectivity index (χ1) is 4.16. The van der Waals surface area contributed by atoms with Crippen LogP contribution in [0.2, 0.25) is 0 Å². The molecule has 3 nitrogen and oxygen atoms in total. The first-order valence-corrected chi connectivity index (χ1v) is 3.22. The van der Waals surface area contributed by atoms with Crippen molar-refractivity contribution in [1.82, 2.24) is 10.9 Å². The van der Waals surface area contributed by atoms with E-state index >= 15 is 0 Å². The molecular weight excluding hydrogens is 116 g/mol. The fraction of sp³-hybridized carbons (Fsp3) is 0.833. The largest absolute Gasteiger partial charge is 0.291 e. The fourth-order valence-corrected chi connectivity index (χ4v) is 0.877. The van der Waals surface area contributed by atoms with Crippen LogP contribution in [0.1, 0.15) is 26.7 Å². The van der Waals surface area contributed by atoms with Gasteiger partial charge in [0.1, 0.15) is 0 Å². The van der Waals surface area contributed by atoms with Crippen LogP contribution in [0.15, 0.2) is 0 Å². The number of hydrogen-bond acceptors (Lipinski definition) is 2. The summed E-state index contributed by atoms with van der Waals surface area (Å²) in [7, 11) is 0. The molecule has 0 aromatic carbocycles. The average molecular weight is 128 g/mol. The fourth-order valence-electron chi connectivity index (χ4n) is 0.877. The number of hydrazine groups is 1. The zero-order valence-electron chi connectivity index (χ0n) is 5.82. The highest BCUT2D eigenvalue weighted by molar-refractivity contribution is 5.78. The summed E-state index contributed by atoms with van der Waals surface area (Å²) in [6.45, 7) is 4.10. The van der Waals surface area contributed by atoms with Crippen molar-refractivity contribution in [3.63, 3.8) is 0 Å². The maximum absolute atomic E-state index is 10.6. The normalized spacial score (nSPS) is 34.7. The molecule has 1 fully saturated rings. The van der Waals surface area contributed by atoms with Crippen LogP contribution in [0.25, 0.3) is 0 Å². The van der Waals surface area contributed by atoms with Gasteiger partial charge in [-0.15, -0.1) is 0 Å². The van der Waals surface area contributed by atoms with Crippen LogP contribution < -0.4 is 10.9 Å². The Labute approximate surface area is 54.8 Å². The molecule has 0 spiro atoms. The molecule has 1 unspecified atom stereocenters. The molecule has 0 radical (unpaired) electrons. The molecular formula is C6H12N2O. The minimum absolute atomic E-state index is 0.00289. The Kier molecular flexibility index (Phi) is 1.45. The van der Waals surface area contributed by atoms with Crippen LogP contribution in [-0.4, -0.2) is 11.4 Å². The third kappa shape index (κ3) is 1.21. The lowest BCUT2D eigenvalue weighted by atomic mass is 9.97. The molecule has 9 heavy (non-hydrogen) atoms. The summed E-state index contributed by atoms with van der Waals surface area (Å²) in [6, 6.07) is 0. The van der Waals surface area contributed by atoms with Gasteiger partial charge in [-0.05, 0) is 13.3 Å². The minimum atomic E-state index is -0.00289. The number of hydrogen-bond donors (Lipinski definition) is 2. The molecule has 0 aromatic rings. The van der Waals surface area contributed by atoms with Gasteiger partial charge in [-0.25, -0.2) is 5.43 Å². The standard InChI is InChI=1S/C6H12N2O/c1-3-6(2)4-5(9)7-8-6/h8H,3-4H2,1-2H3,(H,7,9). The zero-order valence-corrected chi connectivity index (χ0v) is 5.82. The molecule has 1 atom stereocenters. The summed E-state index contributed by atoms with van der Waals surface area (Å²) in [6.07, 6.45) is 1.58. The molecule has 3 heteroatoms. The van der Waals surface area contributed by atoms with Crippen LogP contribution >= 0.6 is 0 Å². The second kappa shape index (κ2) is 1.99. The highest BCUT2D eigenvalue weighted by atomic mass is 16.2. The summed E-state index contributed by atoms with van der Waals surface area (Å²) in [4.78, 5) is 10.6. The molecule has 1 aliphatic heterocycles. The van der Waals surface area contributed by atoms with Crippen LogP contribution in [0.3, 0.4) is 0 Å². The van der Waals surface area contributed by atoms with Gasteiger partial charge in [-0.3, -0.25) is 10.2 Å². The van der Waals surface area contributed by atoms with Crippen molar-refractivity contribution in [2.75, 3.05) is 0 Å². The van der Waals surface area contributed by atoms with Crippen molar-refractivity contribution in [1.29, 1.82) is 0 Å². The molecule has 1 heterocycles. The minimum Gasteiger partial charge on any atom is -0.291 e. The first kappa shape index (κ1) is 6.55. The van der Waals surface area contributed by atoms with Crippen LogP contribution in [-0.2, 0) is 4.79 Å². The maximum atomic E-state index is 10.6.